The highest BCUT2D eigenvalue weighted by atomic mass is 19.1. The molecule has 0 bridgehead atoms. The number of aromatic nitrogens is 2. The van der Waals surface area contributed by atoms with E-state index in [2.05, 4.69) is 22.1 Å². The molecule has 3 rings (SSSR count). The monoisotopic (exact) mass is 243 g/mol. The summed E-state index contributed by atoms with van der Waals surface area (Å²) in [6.07, 6.45) is 4.93. The van der Waals surface area contributed by atoms with Crippen LogP contribution in [0.3, 0.4) is 0 Å². The number of nitrogens with two attached hydrogens (primary N) is 1. The summed E-state index contributed by atoms with van der Waals surface area (Å²) >= 11 is 0. The lowest BCUT2D eigenvalue weighted by molar-refractivity contribution is 0.420. The van der Waals surface area contributed by atoms with Crippen LogP contribution in [0.1, 0.15) is 30.7 Å². The van der Waals surface area contributed by atoms with Crippen LogP contribution in [-0.2, 0) is 0 Å². The lowest BCUT2D eigenvalue weighted by Gasteiger charge is -2.25. The van der Waals surface area contributed by atoms with Crippen LogP contribution in [-0.4, -0.2) is 9.97 Å². The van der Waals surface area contributed by atoms with Gasteiger partial charge in [0.05, 0.1) is 6.20 Å². The van der Waals surface area contributed by atoms with E-state index in [1.807, 2.05) is 12.1 Å². The van der Waals surface area contributed by atoms with Gasteiger partial charge in [-0.3, -0.25) is 0 Å². The molecule has 1 aliphatic rings. The van der Waals surface area contributed by atoms with Crippen LogP contribution in [0, 0.1) is 5.82 Å². The molecule has 4 heteroatoms. The van der Waals surface area contributed by atoms with Crippen LogP contribution in [0.25, 0.3) is 11.3 Å². The molecular formula is C14H14FN3. The summed E-state index contributed by atoms with van der Waals surface area (Å²) in [5.41, 5.74) is 7.82. The van der Waals surface area contributed by atoms with Crippen LogP contribution in [0.5, 0.6) is 0 Å². The van der Waals surface area contributed by atoms with Gasteiger partial charge in [-0.2, -0.15) is 0 Å². The second-order valence-electron chi connectivity index (χ2n) is 4.67. The molecule has 1 saturated carbocycles. The van der Waals surface area contributed by atoms with E-state index >= 15 is 0 Å². The maximum absolute atomic E-state index is 13.6. The number of hydrogen-bond donors (Lipinski definition) is 1. The maximum atomic E-state index is 13.6. The maximum Gasteiger partial charge on any atom is 0.220 e. The first kappa shape index (κ1) is 11.1. The Labute approximate surface area is 105 Å². The number of nitrogen functional groups attached to an aromatic ring is 1. The summed E-state index contributed by atoms with van der Waals surface area (Å²) in [5.74, 6) is 0.328. The summed E-state index contributed by atoms with van der Waals surface area (Å²) < 4.78 is 13.6. The molecule has 1 aliphatic carbocycles. The third kappa shape index (κ3) is 1.94. The lowest BCUT2D eigenvalue weighted by atomic mass is 9.80. The van der Waals surface area contributed by atoms with E-state index in [1.165, 1.54) is 24.8 Å². The minimum absolute atomic E-state index is 0.0921. The molecule has 1 fully saturated rings. The molecule has 1 heterocycles. The molecule has 1 aromatic heterocycles. The van der Waals surface area contributed by atoms with Crippen molar-refractivity contribution in [2.75, 3.05) is 5.73 Å². The molecule has 2 N–H and O–H groups in total. The Kier molecular flexibility index (Phi) is 2.70. The van der Waals surface area contributed by atoms with Crippen molar-refractivity contribution in [3.63, 3.8) is 0 Å². The van der Waals surface area contributed by atoms with Crippen molar-refractivity contribution in [2.24, 2.45) is 0 Å². The van der Waals surface area contributed by atoms with Crippen molar-refractivity contribution >= 4 is 5.95 Å². The molecule has 2 aromatic rings. The fourth-order valence-electron chi connectivity index (χ4n) is 2.24. The number of anilines is 1. The number of rotatable bonds is 2. The zero-order valence-corrected chi connectivity index (χ0v) is 9.94. The second-order valence-corrected chi connectivity index (χ2v) is 4.67. The Morgan fingerprint density at radius 1 is 1.17 bits per heavy atom. The fourth-order valence-corrected chi connectivity index (χ4v) is 2.24. The summed E-state index contributed by atoms with van der Waals surface area (Å²) in [5, 5.41) is 0. The highest BCUT2D eigenvalue weighted by Crippen LogP contribution is 2.36. The van der Waals surface area contributed by atoms with Gasteiger partial charge in [-0.25, -0.2) is 14.4 Å². The minimum Gasteiger partial charge on any atom is -0.368 e. The van der Waals surface area contributed by atoms with Crippen molar-refractivity contribution in [1.29, 1.82) is 0 Å². The van der Waals surface area contributed by atoms with E-state index < -0.39 is 5.82 Å². The molecule has 0 radical (unpaired) electrons. The first-order chi connectivity index (χ1) is 8.74. The highest BCUT2D eigenvalue weighted by Gasteiger charge is 2.19. The van der Waals surface area contributed by atoms with E-state index in [4.69, 9.17) is 5.73 Å². The third-order valence-electron chi connectivity index (χ3n) is 3.52. The summed E-state index contributed by atoms with van der Waals surface area (Å²) in [4.78, 5) is 7.57. The van der Waals surface area contributed by atoms with E-state index in [9.17, 15) is 4.39 Å². The van der Waals surface area contributed by atoms with Gasteiger partial charge in [0.25, 0.3) is 0 Å². The van der Waals surface area contributed by atoms with E-state index in [0.29, 0.717) is 5.92 Å². The van der Waals surface area contributed by atoms with Gasteiger partial charge in [0.2, 0.25) is 5.95 Å². The quantitative estimate of drug-likeness (QED) is 0.881. The third-order valence-corrected chi connectivity index (χ3v) is 3.52. The predicted molar refractivity (Wildman–Crippen MR) is 68.4 cm³/mol. The van der Waals surface area contributed by atoms with Gasteiger partial charge in [-0.1, -0.05) is 30.7 Å². The Morgan fingerprint density at radius 2 is 1.89 bits per heavy atom. The summed E-state index contributed by atoms with van der Waals surface area (Å²) in [7, 11) is 0. The van der Waals surface area contributed by atoms with Crippen molar-refractivity contribution in [2.45, 2.75) is 25.2 Å². The molecule has 1 aromatic carbocycles. The molecule has 0 unspecified atom stereocenters. The van der Waals surface area contributed by atoms with Crippen molar-refractivity contribution in [3.05, 3.63) is 41.8 Å². The summed E-state index contributed by atoms with van der Waals surface area (Å²) in [6, 6.07) is 7.91. The Morgan fingerprint density at radius 3 is 2.50 bits per heavy atom. The van der Waals surface area contributed by atoms with Gasteiger partial charge in [0.1, 0.15) is 5.69 Å². The Hall–Kier alpha value is -1.97. The smallest absolute Gasteiger partial charge is 0.220 e. The first-order valence-electron chi connectivity index (χ1n) is 6.12. The standard InChI is InChI=1S/C14H14FN3/c15-12-8-17-14(16)18-13(12)11-6-4-10(5-7-11)9-2-1-3-9/h4-9H,1-3H2,(H2,16,17,18). The molecular weight excluding hydrogens is 229 g/mol. The van der Waals surface area contributed by atoms with Crippen molar-refractivity contribution in [3.8, 4) is 11.3 Å². The molecule has 0 saturated heterocycles. The topological polar surface area (TPSA) is 51.8 Å². The molecule has 0 amide bonds. The van der Waals surface area contributed by atoms with Crippen LogP contribution in [0.2, 0.25) is 0 Å². The minimum atomic E-state index is -0.444. The molecule has 0 spiro atoms. The lowest BCUT2D eigenvalue weighted by Crippen LogP contribution is -2.08. The molecule has 0 aliphatic heterocycles. The Bertz CT molecular complexity index is 562. The number of hydrogen-bond acceptors (Lipinski definition) is 3. The number of halogens is 1. The fraction of sp³-hybridized carbons (Fsp3) is 0.286. The van der Waals surface area contributed by atoms with Crippen LogP contribution < -0.4 is 5.73 Å². The van der Waals surface area contributed by atoms with Crippen molar-refractivity contribution < 1.29 is 4.39 Å². The molecule has 0 atom stereocenters. The van der Waals surface area contributed by atoms with Crippen molar-refractivity contribution in [1.82, 2.24) is 9.97 Å². The number of benzene rings is 1. The average molecular weight is 243 g/mol. The van der Waals surface area contributed by atoms with Crippen LogP contribution in [0.4, 0.5) is 10.3 Å². The van der Waals surface area contributed by atoms with E-state index in [1.54, 1.807) is 0 Å². The van der Waals surface area contributed by atoms with Gasteiger partial charge in [0, 0.05) is 5.56 Å². The number of nitrogens with zero attached hydrogens (tertiary/aromatic N) is 2. The predicted octanol–water partition coefficient (Wildman–Crippen LogP) is 3.13. The molecule has 18 heavy (non-hydrogen) atoms. The van der Waals surface area contributed by atoms with E-state index in [-0.39, 0.29) is 11.6 Å². The second kappa shape index (κ2) is 4.37. The van der Waals surface area contributed by atoms with Crippen LogP contribution in [0.15, 0.2) is 30.5 Å². The zero-order chi connectivity index (χ0) is 12.5. The van der Waals surface area contributed by atoms with Gasteiger partial charge >= 0.3 is 0 Å². The summed E-state index contributed by atoms with van der Waals surface area (Å²) in [6.45, 7) is 0. The first-order valence-corrected chi connectivity index (χ1v) is 6.12. The highest BCUT2D eigenvalue weighted by molar-refractivity contribution is 5.61. The zero-order valence-electron chi connectivity index (χ0n) is 9.94. The Balaban J connectivity index is 1.94. The SMILES string of the molecule is Nc1ncc(F)c(-c2ccc(C3CCC3)cc2)n1. The molecule has 92 valence electrons. The van der Waals surface area contributed by atoms with Gasteiger partial charge in [-0.05, 0) is 24.3 Å². The van der Waals surface area contributed by atoms with E-state index in [0.717, 1.165) is 11.8 Å². The largest absolute Gasteiger partial charge is 0.368 e. The van der Waals surface area contributed by atoms with Gasteiger partial charge < -0.3 is 5.73 Å². The van der Waals surface area contributed by atoms with Crippen LogP contribution >= 0.6 is 0 Å². The normalized spacial score (nSPS) is 15.4. The van der Waals surface area contributed by atoms with Gasteiger partial charge in [-0.15, -0.1) is 0 Å². The average Bonchev–Trinajstić information content (AvgIpc) is 2.31. The molecule has 3 nitrogen and oxygen atoms in total. The van der Waals surface area contributed by atoms with Gasteiger partial charge in [0.15, 0.2) is 5.82 Å².